The predicted octanol–water partition coefficient (Wildman–Crippen LogP) is 3.92. The van der Waals surface area contributed by atoms with Crippen molar-refractivity contribution in [2.45, 2.75) is 48.5 Å². The third-order valence-electron chi connectivity index (χ3n) is 3.43. The summed E-state index contributed by atoms with van der Waals surface area (Å²) in [5, 5.41) is 0. The smallest absolute Gasteiger partial charge is 0.0244 e. The van der Waals surface area contributed by atoms with Gasteiger partial charge < -0.3 is 0 Å². The van der Waals surface area contributed by atoms with E-state index in [9.17, 15) is 0 Å². The third-order valence-corrected chi connectivity index (χ3v) is 3.43. The van der Waals surface area contributed by atoms with Gasteiger partial charge in [-0.3, -0.25) is 0 Å². The zero-order valence-electron chi connectivity index (χ0n) is 9.15. The Labute approximate surface area is 72.4 Å². The van der Waals surface area contributed by atoms with Gasteiger partial charge in [-0.25, -0.2) is 0 Å². The second-order valence-electron chi connectivity index (χ2n) is 4.75. The largest absolute Gasteiger partial charge is 0.0625 e. The summed E-state index contributed by atoms with van der Waals surface area (Å²) in [5.74, 6) is 3.09. The van der Waals surface area contributed by atoms with Crippen molar-refractivity contribution in [2.75, 3.05) is 0 Å². The summed E-state index contributed by atoms with van der Waals surface area (Å²) < 4.78 is 0. The van der Waals surface area contributed by atoms with Crippen molar-refractivity contribution in [3.8, 4) is 0 Å². The molecule has 1 unspecified atom stereocenters. The van der Waals surface area contributed by atoms with E-state index in [4.69, 9.17) is 0 Å². The Balaban J connectivity index is 4.29. The van der Waals surface area contributed by atoms with Gasteiger partial charge in [0.25, 0.3) is 0 Å². The van der Waals surface area contributed by atoms with E-state index in [0.29, 0.717) is 5.41 Å². The normalized spacial score (nSPS) is 16.1. The van der Waals surface area contributed by atoms with Crippen molar-refractivity contribution in [3.05, 3.63) is 5.92 Å². The molecule has 11 heavy (non-hydrogen) atoms. The molecule has 0 nitrogen and oxygen atoms in total. The van der Waals surface area contributed by atoms with Gasteiger partial charge >= 0.3 is 0 Å². The molecule has 67 valence electrons. The van der Waals surface area contributed by atoms with Gasteiger partial charge in [-0.15, -0.1) is 0 Å². The molecule has 0 saturated heterocycles. The third kappa shape index (κ3) is 2.50. The lowest BCUT2D eigenvalue weighted by Crippen LogP contribution is -2.29. The van der Waals surface area contributed by atoms with Crippen LogP contribution < -0.4 is 0 Å². The Morgan fingerprint density at radius 3 is 1.45 bits per heavy atom. The lowest BCUT2D eigenvalue weighted by atomic mass is 9.67. The maximum absolute atomic E-state index is 2.34. The van der Waals surface area contributed by atoms with E-state index in [1.54, 1.807) is 5.92 Å². The summed E-state index contributed by atoms with van der Waals surface area (Å²) in [6.07, 6.45) is 0. The van der Waals surface area contributed by atoms with Gasteiger partial charge in [0.05, 0.1) is 0 Å². The van der Waals surface area contributed by atoms with Crippen LogP contribution in [0.3, 0.4) is 0 Å². The van der Waals surface area contributed by atoms with E-state index >= 15 is 0 Å². The van der Waals surface area contributed by atoms with Gasteiger partial charge in [0.1, 0.15) is 0 Å². The van der Waals surface area contributed by atoms with Gasteiger partial charge in [-0.1, -0.05) is 48.5 Å². The molecule has 0 rings (SSSR count). The highest BCUT2D eigenvalue weighted by Crippen LogP contribution is 2.39. The van der Waals surface area contributed by atoms with Crippen LogP contribution in [0.4, 0.5) is 0 Å². The van der Waals surface area contributed by atoms with E-state index in [2.05, 4.69) is 48.5 Å². The molecule has 0 amide bonds. The van der Waals surface area contributed by atoms with Crippen molar-refractivity contribution in [2.24, 2.45) is 17.3 Å². The molecular formula is C11H23. The summed E-state index contributed by atoms with van der Waals surface area (Å²) in [4.78, 5) is 0. The minimum Gasteiger partial charge on any atom is -0.0625 e. The molecule has 0 heteroatoms. The van der Waals surface area contributed by atoms with E-state index in [-0.39, 0.29) is 0 Å². The SMILES string of the molecule is C[C](C)C(C)(C)C(C)C(C)C. The van der Waals surface area contributed by atoms with Crippen LogP contribution in [0.2, 0.25) is 0 Å². The second-order valence-corrected chi connectivity index (χ2v) is 4.75. The van der Waals surface area contributed by atoms with Crippen molar-refractivity contribution in [3.63, 3.8) is 0 Å². The first-order valence-corrected chi connectivity index (χ1v) is 4.60. The molecule has 0 aliphatic rings. The van der Waals surface area contributed by atoms with Gasteiger partial charge in [0.15, 0.2) is 0 Å². The highest BCUT2D eigenvalue weighted by atomic mass is 14.4. The Bertz CT molecular complexity index is 109. The van der Waals surface area contributed by atoms with Gasteiger partial charge in [0, 0.05) is 0 Å². The maximum atomic E-state index is 2.34. The topological polar surface area (TPSA) is 0 Å². The Kier molecular flexibility index (Phi) is 3.60. The van der Waals surface area contributed by atoms with Crippen molar-refractivity contribution in [1.82, 2.24) is 0 Å². The number of hydrogen-bond acceptors (Lipinski definition) is 0. The molecule has 0 aromatic rings. The zero-order valence-corrected chi connectivity index (χ0v) is 9.15. The van der Waals surface area contributed by atoms with Crippen molar-refractivity contribution >= 4 is 0 Å². The monoisotopic (exact) mass is 155 g/mol. The van der Waals surface area contributed by atoms with Crippen LogP contribution in [0.5, 0.6) is 0 Å². The molecule has 1 atom stereocenters. The van der Waals surface area contributed by atoms with E-state index < -0.39 is 0 Å². The maximum Gasteiger partial charge on any atom is -0.0244 e. The Hall–Kier alpha value is 0. The summed E-state index contributed by atoms with van der Waals surface area (Å²) in [7, 11) is 0. The van der Waals surface area contributed by atoms with Gasteiger partial charge in [-0.05, 0) is 23.2 Å². The molecule has 0 aromatic carbocycles. The lowest BCUT2D eigenvalue weighted by Gasteiger charge is -2.38. The number of hydrogen-bond donors (Lipinski definition) is 0. The molecule has 0 aliphatic carbocycles. The molecule has 0 saturated carbocycles. The van der Waals surface area contributed by atoms with E-state index in [0.717, 1.165) is 11.8 Å². The van der Waals surface area contributed by atoms with Crippen LogP contribution >= 0.6 is 0 Å². The standard InChI is InChI=1S/C11H23/c1-8(2)10(5)11(6,7)9(3)4/h8,10H,1-7H3. The molecule has 0 spiro atoms. The van der Waals surface area contributed by atoms with E-state index in [1.807, 2.05) is 0 Å². The first-order valence-electron chi connectivity index (χ1n) is 4.60. The van der Waals surface area contributed by atoms with Gasteiger partial charge in [-0.2, -0.15) is 0 Å². The quantitative estimate of drug-likeness (QED) is 0.579. The van der Waals surface area contributed by atoms with Crippen LogP contribution in [0.15, 0.2) is 0 Å². The van der Waals surface area contributed by atoms with Crippen LogP contribution in [-0.2, 0) is 0 Å². The highest BCUT2D eigenvalue weighted by molar-refractivity contribution is 4.98. The molecule has 1 radical (unpaired) electrons. The average molecular weight is 155 g/mol. The first-order chi connectivity index (χ1) is 4.80. The fourth-order valence-electron chi connectivity index (χ4n) is 1.29. The highest BCUT2D eigenvalue weighted by Gasteiger charge is 2.31. The predicted molar refractivity (Wildman–Crippen MR) is 52.4 cm³/mol. The zero-order chi connectivity index (χ0) is 9.23. The molecule has 0 N–H and O–H groups in total. The Morgan fingerprint density at radius 1 is 1.00 bits per heavy atom. The lowest BCUT2D eigenvalue weighted by molar-refractivity contribution is 0.191. The van der Waals surface area contributed by atoms with Crippen LogP contribution in [0.25, 0.3) is 0 Å². The van der Waals surface area contributed by atoms with Crippen molar-refractivity contribution < 1.29 is 0 Å². The van der Waals surface area contributed by atoms with E-state index in [1.165, 1.54) is 0 Å². The van der Waals surface area contributed by atoms with Crippen LogP contribution in [-0.4, -0.2) is 0 Å². The minimum absolute atomic E-state index is 0.397. The van der Waals surface area contributed by atoms with Crippen LogP contribution in [0, 0.1) is 23.2 Å². The van der Waals surface area contributed by atoms with Crippen molar-refractivity contribution in [1.29, 1.82) is 0 Å². The van der Waals surface area contributed by atoms with Crippen LogP contribution in [0.1, 0.15) is 48.5 Å². The minimum atomic E-state index is 0.397. The van der Waals surface area contributed by atoms with Gasteiger partial charge in [0.2, 0.25) is 0 Å². The molecule has 0 aliphatic heterocycles. The molecule has 0 heterocycles. The number of rotatable bonds is 3. The molecule has 0 aromatic heterocycles. The first kappa shape index (κ1) is 11.0. The summed E-state index contributed by atoms with van der Waals surface area (Å²) >= 11 is 0. The fourth-order valence-corrected chi connectivity index (χ4v) is 1.29. The molecule has 0 fully saturated rings. The molecule has 0 bridgehead atoms. The molecular weight excluding hydrogens is 132 g/mol. The Morgan fingerprint density at radius 2 is 1.36 bits per heavy atom. The summed E-state index contributed by atoms with van der Waals surface area (Å²) in [6.45, 7) is 16.1. The second kappa shape index (κ2) is 3.60. The average Bonchev–Trinajstić information content (AvgIpc) is 1.85. The fraction of sp³-hybridized carbons (Fsp3) is 0.909. The summed E-state index contributed by atoms with van der Waals surface area (Å²) in [6, 6.07) is 0. The summed E-state index contributed by atoms with van der Waals surface area (Å²) in [5.41, 5.74) is 0.397.